The molecular formula is C12H16FN3. The number of pyridine rings is 1. The maximum Gasteiger partial charge on any atom is 0.143 e. The Kier molecular flexibility index (Phi) is 2.52. The summed E-state index contributed by atoms with van der Waals surface area (Å²) in [7, 11) is 0. The van der Waals surface area contributed by atoms with Crippen LogP contribution in [0, 0.1) is 11.7 Å². The van der Waals surface area contributed by atoms with Crippen LogP contribution in [0.3, 0.4) is 0 Å². The first-order valence-corrected chi connectivity index (χ1v) is 5.92. The van der Waals surface area contributed by atoms with Crippen molar-refractivity contribution >= 4 is 5.69 Å². The second kappa shape index (κ2) is 4.01. The molecule has 0 aromatic carbocycles. The molecule has 0 spiro atoms. The Morgan fingerprint density at radius 1 is 1.38 bits per heavy atom. The molecule has 0 aliphatic carbocycles. The average Bonchev–Trinajstić information content (AvgIpc) is 2.75. The number of hydrogen-bond donors (Lipinski definition) is 1. The van der Waals surface area contributed by atoms with Crippen LogP contribution >= 0.6 is 0 Å². The second-order valence-electron chi connectivity index (χ2n) is 4.71. The molecule has 86 valence electrons. The lowest BCUT2D eigenvalue weighted by Gasteiger charge is -2.36. The number of piperidine rings is 1. The molecule has 0 radical (unpaired) electrons. The van der Waals surface area contributed by atoms with Crippen molar-refractivity contribution < 1.29 is 4.39 Å². The van der Waals surface area contributed by atoms with Crippen molar-refractivity contribution in [2.75, 3.05) is 24.5 Å². The van der Waals surface area contributed by atoms with E-state index in [4.69, 9.17) is 0 Å². The van der Waals surface area contributed by atoms with Crippen molar-refractivity contribution in [3.8, 4) is 0 Å². The first-order chi connectivity index (χ1) is 7.83. The Bertz CT molecular complexity index is 382. The number of fused-ring (bicyclic) bond motifs is 1. The van der Waals surface area contributed by atoms with E-state index in [1.807, 2.05) is 0 Å². The molecule has 0 saturated carbocycles. The van der Waals surface area contributed by atoms with Gasteiger partial charge in [-0.25, -0.2) is 4.39 Å². The lowest BCUT2D eigenvalue weighted by Crippen LogP contribution is -2.44. The molecule has 0 bridgehead atoms. The van der Waals surface area contributed by atoms with Crippen LogP contribution in [0.4, 0.5) is 10.1 Å². The van der Waals surface area contributed by atoms with Crippen molar-refractivity contribution in [2.24, 2.45) is 5.92 Å². The van der Waals surface area contributed by atoms with E-state index in [0.717, 1.165) is 37.7 Å². The van der Waals surface area contributed by atoms with Crippen LogP contribution in [-0.2, 0) is 0 Å². The van der Waals surface area contributed by atoms with Gasteiger partial charge in [0, 0.05) is 25.2 Å². The summed E-state index contributed by atoms with van der Waals surface area (Å²) in [5, 5.41) is 3.53. The Hall–Kier alpha value is -1.16. The zero-order chi connectivity index (χ0) is 11.0. The Morgan fingerprint density at radius 3 is 3.19 bits per heavy atom. The number of hydrogen-bond acceptors (Lipinski definition) is 3. The molecule has 3 rings (SSSR count). The van der Waals surface area contributed by atoms with Crippen molar-refractivity contribution in [1.82, 2.24) is 10.3 Å². The van der Waals surface area contributed by atoms with E-state index in [1.165, 1.54) is 12.6 Å². The van der Waals surface area contributed by atoms with Gasteiger partial charge in [-0.1, -0.05) is 0 Å². The predicted molar refractivity (Wildman–Crippen MR) is 60.9 cm³/mol. The molecule has 3 nitrogen and oxygen atoms in total. The van der Waals surface area contributed by atoms with E-state index in [9.17, 15) is 4.39 Å². The van der Waals surface area contributed by atoms with Crippen molar-refractivity contribution in [1.29, 1.82) is 0 Å². The van der Waals surface area contributed by atoms with E-state index in [-0.39, 0.29) is 5.82 Å². The van der Waals surface area contributed by atoms with Crippen LogP contribution in [0.1, 0.15) is 12.8 Å². The fraction of sp³-hybridized carbons (Fsp3) is 0.583. The second-order valence-corrected chi connectivity index (χ2v) is 4.71. The Labute approximate surface area is 94.7 Å². The minimum atomic E-state index is -0.246. The zero-order valence-corrected chi connectivity index (χ0v) is 9.19. The van der Waals surface area contributed by atoms with Crippen LogP contribution in [-0.4, -0.2) is 30.7 Å². The quantitative estimate of drug-likeness (QED) is 0.777. The van der Waals surface area contributed by atoms with Crippen LogP contribution < -0.4 is 10.2 Å². The maximum atomic E-state index is 13.1. The highest BCUT2D eigenvalue weighted by Gasteiger charge is 2.32. The molecular weight excluding hydrogens is 205 g/mol. The topological polar surface area (TPSA) is 28.2 Å². The van der Waals surface area contributed by atoms with Gasteiger partial charge in [-0.2, -0.15) is 0 Å². The fourth-order valence-corrected chi connectivity index (χ4v) is 2.86. The first kappa shape index (κ1) is 10.0. The van der Waals surface area contributed by atoms with Gasteiger partial charge in [0.25, 0.3) is 0 Å². The fourth-order valence-electron chi connectivity index (χ4n) is 2.86. The van der Waals surface area contributed by atoms with E-state index >= 15 is 0 Å². The van der Waals surface area contributed by atoms with Crippen molar-refractivity contribution in [3.05, 3.63) is 24.3 Å². The summed E-state index contributed by atoms with van der Waals surface area (Å²) in [6.45, 7) is 3.16. The van der Waals surface area contributed by atoms with E-state index in [2.05, 4.69) is 15.2 Å². The van der Waals surface area contributed by atoms with E-state index in [1.54, 1.807) is 12.3 Å². The van der Waals surface area contributed by atoms with Gasteiger partial charge in [-0.15, -0.1) is 0 Å². The average molecular weight is 221 g/mol. The van der Waals surface area contributed by atoms with E-state index < -0.39 is 0 Å². The molecule has 2 fully saturated rings. The Balaban J connectivity index is 1.76. The number of nitrogens with one attached hydrogen (secondary N) is 1. The van der Waals surface area contributed by atoms with Gasteiger partial charge in [0.1, 0.15) is 5.82 Å². The predicted octanol–water partition coefficient (Wildman–Crippen LogP) is 1.41. The number of anilines is 1. The molecule has 0 unspecified atom stereocenters. The molecule has 2 atom stereocenters. The molecule has 0 amide bonds. The zero-order valence-electron chi connectivity index (χ0n) is 9.19. The van der Waals surface area contributed by atoms with Gasteiger partial charge in [-0.3, -0.25) is 4.98 Å². The summed E-state index contributed by atoms with van der Waals surface area (Å²) in [6.07, 6.45) is 5.41. The lowest BCUT2D eigenvalue weighted by atomic mass is 9.93. The molecule has 2 saturated heterocycles. The van der Waals surface area contributed by atoms with Crippen molar-refractivity contribution in [3.63, 3.8) is 0 Å². The van der Waals surface area contributed by atoms with Gasteiger partial charge < -0.3 is 10.2 Å². The SMILES string of the molecule is Fc1cncc(N2CC[C@@H]3NCC[C@@H]3C2)c1. The molecule has 1 aromatic rings. The smallest absolute Gasteiger partial charge is 0.143 e. The third-order valence-electron chi connectivity index (χ3n) is 3.71. The summed E-state index contributed by atoms with van der Waals surface area (Å²) in [6, 6.07) is 2.26. The molecule has 2 aliphatic heterocycles. The third-order valence-corrected chi connectivity index (χ3v) is 3.71. The van der Waals surface area contributed by atoms with Gasteiger partial charge in [0.15, 0.2) is 0 Å². The molecule has 3 heterocycles. The molecule has 2 aliphatic rings. The van der Waals surface area contributed by atoms with Gasteiger partial charge in [0.2, 0.25) is 0 Å². The normalized spacial score (nSPS) is 29.2. The highest BCUT2D eigenvalue weighted by atomic mass is 19.1. The van der Waals surface area contributed by atoms with Gasteiger partial charge in [0.05, 0.1) is 18.1 Å². The Morgan fingerprint density at radius 2 is 2.31 bits per heavy atom. The van der Waals surface area contributed by atoms with Crippen LogP contribution in [0.15, 0.2) is 18.5 Å². The monoisotopic (exact) mass is 221 g/mol. The highest BCUT2D eigenvalue weighted by Crippen LogP contribution is 2.27. The number of rotatable bonds is 1. The summed E-state index contributed by atoms with van der Waals surface area (Å²) in [4.78, 5) is 6.17. The third kappa shape index (κ3) is 1.78. The number of nitrogens with zero attached hydrogens (tertiary/aromatic N) is 2. The number of aromatic nitrogens is 1. The summed E-state index contributed by atoms with van der Waals surface area (Å²) in [5.74, 6) is 0.473. The molecule has 4 heteroatoms. The first-order valence-electron chi connectivity index (χ1n) is 5.92. The van der Waals surface area contributed by atoms with Crippen LogP contribution in [0.5, 0.6) is 0 Å². The summed E-state index contributed by atoms with van der Waals surface area (Å²) < 4.78 is 13.1. The summed E-state index contributed by atoms with van der Waals surface area (Å²) >= 11 is 0. The van der Waals surface area contributed by atoms with Gasteiger partial charge >= 0.3 is 0 Å². The summed E-state index contributed by atoms with van der Waals surface area (Å²) in [5.41, 5.74) is 0.922. The standard InChI is InChI=1S/C12H16FN3/c13-10-5-11(7-14-6-10)16-4-2-12-9(8-16)1-3-15-12/h5-7,9,12,15H,1-4,8H2/t9-,12+/m1/s1. The van der Waals surface area contributed by atoms with Crippen LogP contribution in [0.25, 0.3) is 0 Å². The highest BCUT2D eigenvalue weighted by molar-refractivity contribution is 5.44. The van der Waals surface area contributed by atoms with Gasteiger partial charge in [-0.05, 0) is 25.3 Å². The van der Waals surface area contributed by atoms with Crippen LogP contribution in [0.2, 0.25) is 0 Å². The lowest BCUT2D eigenvalue weighted by molar-refractivity contribution is 0.376. The largest absolute Gasteiger partial charge is 0.370 e. The van der Waals surface area contributed by atoms with Crippen molar-refractivity contribution in [2.45, 2.75) is 18.9 Å². The molecule has 1 N–H and O–H groups in total. The number of halogens is 1. The minimum Gasteiger partial charge on any atom is -0.370 e. The molecule has 1 aromatic heterocycles. The molecule has 16 heavy (non-hydrogen) atoms. The van der Waals surface area contributed by atoms with E-state index in [0.29, 0.717) is 6.04 Å². The maximum absolute atomic E-state index is 13.1. The minimum absolute atomic E-state index is 0.246.